The molecule has 0 saturated carbocycles. The molecule has 0 bridgehead atoms. The first-order valence-electron chi connectivity index (χ1n) is 6.37. The second-order valence-corrected chi connectivity index (χ2v) is 4.59. The summed E-state index contributed by atoms with van der Waals surface area (Å²) in [5.74, 6) is -0.199. The molecular formula is C15H15F3N2O. The van der Waals surface area contributed by atoms with Crippen LogP contribution in [0.4, 0.5) is 18.9 Å². The smallest absolute Gasteiger partial charge is 0.405 e. The van der Waals surface area contributed by atoms with Gasteiger partial charge in [-0.2, -0.15) is 0 Å². The number of rotatable bonds is 4. The average molecular weight is 296 g/mol. The van der Waals surface area contributed by atoms with E-state index in [1.165, 1.54) is 12.1 Å². The fourth-order valence-electron chi connectivity index (χ4n) is 1.94. The van der Waals surface area contributed by atoms with Crippen molar-refractivity contribution in [1.29, 1.82) is 0 Å². The van der Waals surface area contributed by atoms with Crippen molar-refractivity contribution < 1.29 is 17.9 Å². The number of anilines is 1. The van der Waals surface area contributed by atoms with Crippen LogP contribution in [-0.2, 0) is 6.54 Å². The molecule has 0 radical (unpaired) electrons. The fraction of sp³-hybridized carbons (Fsp3) is 0.267. The van der Waals surface area contributed by atoms with Gasteiger partial charge < -0.3 is 10.1 Å². The molecular weight excluding hydrogens is 281 g/mol. The van der Waals surface area contributed by atoms with E-state index in [1.54, 1.807) is 12.1 Å². The number of para-hydroxylation sites is 1. The fourth-order valence-corrected chi connectivity index (χ4v) is 1.94. The Morgan fingerprint density at radius 1 is 1.10 bits per heavy atom. The number of hydrogen-bond acceptors (Lipinski definition) is 3. The number of aromatic nitrogens is 1. The van der Waals surface area contributed by atoms with E-state index < -0.39 is 6.36 Å². The number of nitrogens with one attached hydrogen (secondary N) is 1. The topological polar surface area (TPSA) is 34.1 Å². The molecule has 21 heavy (non-hydrogen) atoms. The number of ether oxygens (including phenoxy) is 1. The summed E-state index contributed by atoms with van der Waals surface area (Å²) in [6, 6.07) is 9.75. The first-order valence-corrected chi connectivity index (χ1v) is 6.37. The van der Waals surface area contributed by atoms with Crippen molar-refractivity contribution >= 4 is 5.69 Å². The molecule has 0 saturated heterocycles. The van der Waals surface area contributed by atoms with Gasteiger partial charge >= 0.3 is 6.36 Å². The van der Waals surface area contributed by atoms with Crippen LogP contribution in [0.2, 0.25) is 0 Å². The van der Waals surface area contributed by atoms with Gasteiger partial charge in [-0.1, -0.05) is 18.2 Å². The van der Waals surface area contributed by atoms with E-state index >= 15 is 0 Å². The molecule has 0 amide bonds. The molecule has 1 aromatic heterocycles. The van der Waals surface area contributed by atoms with Crippen LogP contribution < -0.4 is 10.1 Å². The third kappa shape index (κ3) is 4.37. The van der Waals surface area contributed by atoms with Crippen LogP contribution in [0, 0.1) is 13.8 Å². The van der Waals surface area contributed by atoms with Gasteiger partial charge in [0.15, 0.2) is 0 Å². The highest BCUT2D eigenvalue weighted by Gasteiger charge is 2.31. The predicted molar refractivity (Wildman–Crippen MR) is 74.2 cm³/mol. The van der Waals surface area contributed by atoms with Gasteiger partial charge in [-0.05, 0) is 32.0 Å². The lowest BCUT2D eigenvalue weighted by molar-refractivity contribution is -0.274. The number of nitrogens with zero attached hydrogens (tertiary/aromatic N) is 1. The Hall–Kier alpha value is -2.24. The summed E-state index contributed by atoms with van der Waals surface area (Å²) in [5, 5.41) is 3.07. The summed E-state index contributed by atoms with van der Waals surface area (Å²) < 4.78 is 41.0. The van der Waals surface area contributed by atoms with E-state index in [0.717, 1.165) is 17.1 Å². The third-order valence-corrected chi connectivity index (χ3v) is 2.89. The number of halogens is 3. The molecule has 112 valence electrons. The minimum absolute atomic E-state index is 0.199. The highest BCUT2D eigenvalue weighted by molar-refractivity contribution is 5.49. The predicted octanol–water partition coefficient (Wildman–Crippen LogP) is 4.21. The van der Waals surface area contributed by atoms with Gasteiger partial charge in [0.2, 0.25) is 0 Å². The SMILES string of the molecule is Cc1ccc(NCc2ccccc2OC(F)(F)F)c(C)n1. The lowest BCUT2D eigenvalue weighted by Gasteiger charge is -2.14. The second kappa shape index (κ2) is 6.03. The molecule has 1 N–H and O–H groups in total. The maximum absolute atomic E-state index is 12.3. The van der Waals surface area contributed by atoms with E-state index in [1.807, 2.05) is 26.0 Å². The van der Waals surface area contributed by atoms with Crippen molar-refractivity contribution in [3.05, 3.63) is 53.3 Å². The molecule has 3 nitrogen and oxygen atoms in total. The van der Waals surface area contributed by atoms with Gasteiger partial charge in [0.05, 0.1) is 11.4 Å². The number of aryl methyl sites for hydroxylation is 2. The van der Waals surface area contributed by atoms with Crippen LogP contribution in [0.25, 0.3) is 0 Å². The lowest BCUT2D eigenvalue weighted by Crippen LogP contribution is -2.18. The van der Waals surface area contributed by atoms with Crippen molar-refractivity contribution in [2.45, 2.75) is 26.8 Å². The third-order valence-electron chi connectivity index (χ3n) is 2.89. The average Bonchev–Trinajstić information content (AvgIpc) is 2.37. The van der Waals surface area contributed by atoms with Crippen LogP contribution in [0.1, 0.15) is 17.0 Å². The van der Waals surface area contributed by atoms with Crippen molar-refractivity contribution in [2.24, 2.45) is 0 Å². The zero-order chi connectivity index (χ0) is 15.5. The maximum atomic E-state index is 12.3. The van der Waals surface area contributed by atoms with Crippen molar-refractivity contribution in [3.63, 3.8) is 0 Å². The Bertz CT molecular complexity index is 627. The van der Waals surface area contributed by atoms with Crippen LogP contribution >= 0.6 is 0 Å². The molecule has 0 spiro atoms. The standard InChI is InChI=1S/C15H15F3N2O/c1-10-7-8-13(11(2)20-10)19-9-12-5-3-4-6-14(12)21-15(16,17)18/h3-8,19H,9H2,1-2H3. The molecule has 0 unspecified atom stereocenters. The zero-order valence-corrected chi connectivity index (χ0v) is 11.7. The number of pyridine rings is 1. The van der Waals surface area contributed by atoms with E-state index in [-0.39, 0.29) is 12.3 Å². The molecule has 0 fully saturated rings. The summed E-state index contributed by atoms with van der Waals surface area (Å²) in [5.41, 5.74) is 2.89. The normalized spacial score (nSPS) is 11.3. The molecule has 6 heteroatoms. The molecule has 0 aliphatic heterocycles. The molecule has 1 aromatic carbocycles. The van der Waals surface area contributed by atoms with E-state index in [0.29, 0.717) is 5.56 Å². The highest BCUT2D eigenvalue weighted by Crippen LogP contribution is 2.27. The summed E-state index contributed by atoms with van der Waals surface area (Å²) in [6.07, 6.45) is -4.70. The van der Waals surface area contributed by atoms with E-state index in [2.05, 4.69) is 15.0 Å². The van der Waals surface area contributed by atoms with Gasteiger partial charge in [-0.25, -0.2) is 0 Å². The van der Waals surface area contributed by atoms with E-state index in [4.69, 9.17) is 0 Å². The van der Waals surface area contributed by atoms with Crippen LogP contribution in [0.3, 0.4) is 0 Å². The second-order valence-electron chi connectivity index (χ2n) is 4.59. The van der Waals surface area contributed by atoms with Gasteiger partial charge in [0.1, 0.15) is 5.75 Å². The minimum Gasteiger partial charge on any atom is -0.405 e. The first-order chi connectivity index (χ1) is 9.85. The molecule has 0 aliphatic rings. The van der Waals surface area contributed by atoms with Gasteiger partial charge in [-0.15, -0.1) is 13.2 Å². The number of benzene rings is 1. The molecule has 2 aromatic rings. The van der Waals surface area contributed by atoms with Crippen molar-refractivity contribution in [2.75, 3.05) is 5.32 Å². The Labute approximate surface area is 120 Å². The van der Waals surface area contributed by atoms with Gasteiger partial charge in [-0.3, -0.25) is 4.98 Å². The van der Waals surface area contributed by atoms with Crippen LogP contribution in [-0.4, -0.2) is 11.3 Å². The molecule has 0 atom stereocenters. The largest absolute Gasteiger partial charge is 0.573 e. The quantitative estimate of drug-likeness (QED) is 0.917. The summed E-state index contributed by atoms with van der Waals surface area (Å²) in [6.45, 7) is 3.94. The monoisotopic (exact) mass is 296 g/mol. The Kier molecular flexibility index (Phi) is 4.35. The minimum atomic E-state index is -4.70. The number of alkyl halides is 3. The van der Waals surface area contributed by atoms with Gasteiger partial charge in [0.25, 0.3) is 0 Å². The molecule has 2 rings (SSSR count). The summed E-state index contributed by atoms with van der Waals surface area (Å²) >= 11 is 0. The van der Waals surface area contributed by atoms with Crippen molar-refractivity contribution in [1.82, 2.24) is 4.98 Å². The highest BCUT2D eigenvalue weighted by atomic mass is 19.4. The lowest BCUT2D eigenvalue weighted by atomic mass is 10.2. The van der Waals surface area contributed by atoms with E-state index in [9.17, 15) is 13.2 Å². The molecule has 0 aliphatic carbocycles. The van der Waals surface area contributed by atoms with Crippen LogP contribution in [0.15, 0.2) is 36.4 Å². The Morgan fingerprint density at radius 2 is 1.81 bits per heavy atom. The summed E-state index contributed by atoms with van der Waals surface area (Å²) in [4.78, 5) is 4.29. The van der Waals surface area contributed by atoms with Crippen LogP contribution in [0.5, 0.6) is 5.75 Å². The first kappa shape index (κ1) is 15.2. The maximum Gasteiger partial charge on any atom is 0.573 e. The van der Waals surface area contributed by atoms with Gasteiger partial charge in [0, 0.05) is 17.8 Å². The van der Waals surface area contributed by atoms with Crippen molar-refractivity contribution in [3.8, 4) is 5.75 Å². The Balaban J connectivity index is 2.13. The summed E-state index contributed by atoms with van der Waals surface area (Å²) in [7, 11) is 0. The Morgan fingerprint density at radius 3 is 2.48 bits per heavy atom. The zero-order valence-electron chi connectivity index (χ0n) is 11.7. The molecule has 1 heterocycles. The number of hydrogen-bond donors (Lipinski definition) is 1.